The SMILES string of the molecule is COc1cc([C@@H](C)NC(=O)c2cccc(CS(C)(=O)=O)c2)ccc1OCC(C)C. The van der Waals surface area contributed by atoms with Crippen LogP contribution in [0.15, 0.2) is 42.5 Å². The molecule has 2 aromatic rings. The van der Waals surface area contributed by atoms with Crippen LogP contribution in [-0.2, 0) is 15.6 Å². The van der Waals surface area contributed by atoms with Crippen molar-refractivity contribution < 1.29 is 22.7 Å². The lowest BCUT2D eigenvalue weighted by Gasteiger charge is -2.18. The standard InChI is InChI=1S/C22H29NO5S/c1-15(2)13-28-20-10-9-18(12-21(20)27-4)16(3)23-22(24)19-8-6-7-17(11-19)14-29(5,25)26/h6-12,15-16H,13-14H2,1-5H3,(H,23,24)/t16-/m1/s1. The lowest BCUT2D eigenvalue weighted by molar-refractivity contribution is 0.0939. The van der Waals surface area contributed by atoms with Crippen molar-refractivity contribution in [1.82, 2.24) is 5.32 Å². The van der Waals surface area contributed by atoms with E-state index < -0.39 is 9.84 Å². The maximum atomic E-state index is 12.6. The number of carbonyl (C=O) groups excluding carboxylic acids is 1. The van der Waals surface area contributed by atoms with Gasteiger partial charge in [-0.2, -0.15) is 0 Å². The Morgan fingerprint density at radius 3 is 2.41 bits per heavy atom. The molecule has 0 aliphatic carbocycles. The van der Waals surface area contributed by atoms with Gasteiger partial charge in [-0.15, -0.1) is 0 Å². The Labute approximate surface area is 173 Å². The van der Waals surface area contributed by atoms with E-state index in [1.807, 2.05) is 25.1 Å². The van der Waals surface area contributed by atoms with Crippen molar-refractivity contribution in [3.63, 3.8) is 0 Å². The highest BCUT2D eigenvalue weighted by atomic mass is 32.2. The average molecular weight is 420 g/mol. The minimum atomic E-state index is -3.17. The van der Waals surface area contributed by atoms with E-state index in [2.05, 4.69) is 19.2 Å². The highest BCUT2D eigenvalue weighted by Crippen LogP contribution is 2.30. The lowest BCUT2D eigenvalue weighted by Crippen LogP contribution is -2.26. The highest BCUT2D eigenvalue weighted by Gasteiger charge is 2.15. The first-order chi connectivity index (χ1) is 13.6. The van der Waals surface area contributed by atoms with Crippen molar-refractivity contribution in [2.24, 2.45) is 5.92 Å². The van der Waals surface area contributed by atoms with Gasteiger partial charge in [0.1, 0.15) is 0 Å². The first-order valence-corrected chi connectivity index (χ1v) is 11.5. The van der Waals surface area contributed by atoms with Crippen LogP contribution >= 0.6 is 0 Å². The molecular weight excluding hydrogens is 390 g/mol. The summed E-state index contributed by atoms with van der Waals surface area (Å²) in [5.41, 5.74) is 1.88. The molecule has 0 radical (unpaired) electrons. The molecule has 6 nitrogen and oxygen atoms in total. The van der Waals surface area contributed by atoms with Crippen LogP contribution in [0.25, 0.3) is 0 Å². The Morgan fingerprint density at radius 1 is 1.07 bits per heavy atom. The molecule has 1 amide bonds. The maximum Gasteiger partial charge on any atom is 0.251 e. The van der Waals surface area contributed by atoms with Gasteiger partial charge in [0.25, 0.3) is 5.91 Å². The Morgan fingerprint density at radius 2 is 1.79 bits per heavy atom. The lowest BCUT2D eigenvalue weighted by atomic mass is 10.1. The second-order valence-electron chi connectivity index (χ2n) is 7.58. The van der Waals surface area contributed by atoms with Gasteiger partial charge in [-0.3, -0.25) is 4.79 Å². The van der Waals surface area contributed by atoms with Crippen LogP contribution in [-0.4, -0.2) is 34.3 Å². The third kappa shape index (κ3) is 7.09. The Hall–Kier alpha value is -2.54. The molecule has 1 N–H and O–H groups in total. The summed E-state index contributed by atoms with van der Waals surface area (Å²) in [5, 5.41) is 2.94. The summed E-state index contributed by atoms with van der Waals surface area (Å²) >= 11 is 0. The van der Waals surface area contributed by atoms with E-state index >= 15 is 0 Å². The first kappa shape index (κ1) is 22.7. The molecule has 2 rings (SSSR count). The third-order valence-corrected chi connectivity index (χ3v) is 5.08. The molecular formula is C22H29NO5S. The van der Waals surface area contributed by atoms with Gasteiger partial charge in [-0.05, 0) is 48.2 Å². The van der Waals surface area contributed by atoms with E-state index in [-0.39, 0.29) is 17.7 Å². The molecule has 0 bridgehead atoms. The zero-order valence-corrected chi connectivity index (χ0v) is 18.4. The predicted octanol–water partition coefficient (Wildman–Crippen LogP) is 3.77. The normalized spacial score (nSPS) is 12.5. The molecule has 158 valence electrons. The topological polar surface area (TPSA) is 81.7 Å². The van der Waals surface area contributed by atoms with E-state index in [9.17, 15) is 13.2 Å². The van der Waals surface area contributed by atoms with Crippen molar-refractivity contribution >= 4 is 15.7 Å². The van der Waals surface area contributed by atoms with Gasteiger partial charge in [0, 0.05) is 11.8 Å². The number of ether oxygens (including phenoxy) is 2. The van der Waals surface area contributed by atoms with Gasteiger partial charge in [0.15, 0.2) is 21.3 Å². The fourth-order valence-electron chi connectivity index (χ4n) is 2.80. The molecule has 0 fully saturated rings. The monoisotopic (exact) mass is 419 g/mol. The van der Waals surface area contributed by atoms with Gasteiger partial charge >= 0.3 is 0 Å². The number of rotatable bonds is 9. The molecule has 2 aromatic carbocycles. The van der Waals surface area contributed by atoms with E-state index in [0.717, 1.165) is 5.56 Å². The molecule has 0 unspecified atom stereocenters. The number of hydrogen-bond acceptors (Lipinski definition) is 5. The Kier molecular flexibility index (Phi) is 7.67. The van der Waals surface area contributed by atoms with Gasteiger partial charge < -0.3 is 14.8 Å². The molecule has 7 heteroatoms. The molecule has 0 aromatic heterocycles. The van der Waals surface area contributed by atoms with Crippen molar-refractivity contribution in [3.8, 4) is 11.5 Å². The second kappa shape index (κ2) is 9.78. The van der Waals surface area contributed by atoms with E-state index in [0.29, 0.717) is 35.2 Å². The fourth-order valence-corrected chi connectivity index (χ4v) is 3.58. The number of nitrogens with one attached hydrogen (secondary N) is 1. The van der Waals surface area contributed by atoms with Crippen LogP contribution in [0.2, 0.25) is 0 Å². The summed E-state index contributed by atoms with van der Waals surface area (Å²) in [6.45, 7) is 6.61. The van der Waals surface area contributed by atoms with Crippen molar-refractivity contribution in [2.75, 3.05) is 20.0 Å². The van der Waals surface area contributed by atoms with Crippen LogP contribution in [0.4, 0.5) is 0 Å². The summed E-state index contributed by atoms with van der Waals surface area (Å²) in [5.74, 6) is 1.30. The Balaban J connectivity index is 2.12. The van der Waals surface area contributed by atoms with Crippen molar-refractivity contribution in [2.45, 2.75) is 32.6 Å². The van der Waals surface area contributed by atoms with E-state index in [4.69, 9.17) is 9.47 Å². The summed E-state index contributed by atoms with van der Waals surface area (Å²) in [7, 11) is -1.58. The molecule has 0 aliphatic heterocycles. The number of amides is 1. The summed E-state index contributed by atoms with van der Waals surface area (Å²) < 4.78 is 34.2. The zero-order valence-electron chi connectivity index (χ0n) is 17.6. The van der Waals surface area contributed by atoms with Gasteiger partial charge in [-0.25, -0.2) is 8.42 Å². The number of carbonyl (C=O) groups is 1. The average Bonchev–Trinajstić information content (AvgIpc) is 2.64. The number of methoxy groups -OCH3 is 1. The van der Waals surface area contributed by atoms with Crippen LogP contribution < -0.4 is 14.8 Å². The predicted molar refractivity (Wildman–Crippen MR) is 114 cm³/mol. The number of benzene rings is 2. The van der Waals surface area contributed by atoms with Crippen LogP contribution in [0.1, 0.15) is 48.3 Å². The van der Waals surface area contributed by atoms with E-state index in [1.165, 1.54) is 6.26 Å². The summed E-state index contributed by atoms with van der Waals surface area (Å²) in [6.07, 6.45) is 1.17. The van der Waals surface area contributed by atoms with Crippen LogP contribution in [0.3, 0.4) is 0 Å². The molecule has 0 spiro atoms. The van der Waals surface area contributed by atoms with Crippen molar-refractivity contribution in [3.05, 3.63) is 59.2 Å². The van der Waals surface area contributed by atoms with Crippen LogP contribution in [0, 0.1) is 5.92 Å². The highest BCUT2D eigenvalue weighted by molar-refractivity contribution is 7.89. The van der Waals surface area contributed by atoms with E-state index in [1.54, 1.807) is 31.4 Å². The molecule has 0 saturated heterocycles. The number of hydrogen-bond donors (Lipinski definition) is 1. The smallest absolute Gasteiger partial charge is 0.251 e. The van der Waals surface area contributed by atoms with Crippen LogP contribution in [0.5, 0.6) is 11.5 Å². The maximum absolute atomic E-state index is 12.6. The zero-order chi connectivity index (χ0) is 21.6. The minimum Gasteiger partial charge on any atom is -0.493 e. The molecule has 29 heavy (non-hydrogen) atoms. The van der Waals surface area contributed by atoms with Gasteiger partial charge in [-0.1, -0.05) is 32.0 Å². The Bertz CT molecular complexity index is 953. The molecule has 0 saturated carbocycles. The minimum absolute atomic E-state index is 0.0985. The summed E-state index contributed by atoms with van der Waals surface area (Å²) in [6, 6.07) is 12.0. The third-order valence-electron chi connectivity index (χ3n) is 4.23. The molecule has 0 aliphatic rings. The first-order valence-electron chi connectivity index (χ1n) is 9.47. The summed E-state index contributed by atoms with van der Waals surface area (Å²) in [4.78, 5) is 12.6. The largest absolute Gasteiger partial charge is 0.493 e. The quantitative estimate of drug-likeness (QED) is 0.669. The van der Waals surface area contributed by atoms with Gasteiger partial charge in [0.2, 0.25) is 0 Å². The fraction of sp³-hybridized carbons (Fsp3) is 0.409. The van der Waals surface area contributed by atoms with Crippen molar-refractivity contribution in [1.29, 1.82) is 0 Å². The second-order valence-corrected chi connectivity index (χ2v) is 9.72. The molecule has 0 heterocycles. The number of sulfone groups is 1. The van der Waals surface area contributed by atoms with Gasteiger partial charge in [0.05, 0.1) is 25.5 Å². The molecule has 1 atom stereocenters.